The number of rotatable bonds is 14. The van der Waals surface area contributed by atoms with Gasteiger partial charge in [-0.3, -0.25) is 10.1 Å². The topological polar surface area (TPSA) is 95.5 Å². The van der Waals surface area contributed by atoms with Gasteiger partial charge in [0.25, 0.3) is 0 Å². The molecule has 0 aromatic carbocycles. The minimum Gasteiger partial charge on any atom is -0.302 e. The molecule has 0 bridgehead atoms. The Morgan fingerprint density at radius 1 is 1.13 bits per heavy atom. The van der Waals surface area contributed by atoms with Gasteiger partial charge in [0.05, 0.1) is 5.75 Å². The van der Waals surface area contributed by atoms with Gasteiger partial charge in [-0.15, -0.1) is 0 Å². The molecule has 0 atom stereocenters. The molecule has 1 saturated heterocycles. The SMILES string of the molecule is C.C.C1CSSC1.CCCCS.CSCCCSCC=O.NOSCCCS[N+](=O)[O-]. The smallest absolute Gasteiger partial charge is 0.228 e. The Balaban J connectivity index is -0.0000000987. The van der Waals surface area contributed by atoms with Gasteiger partial charge in [0.2, 0.25) is 11.9 Å². The monoisotopic (exact) mass is 576 g/mol. The third-order valence-electron chi connectivity index (χ3n) is 2.51. The van der Waals surface area contributed by atoms with E-state index in [4.69, 9.17) is 5.90 Å². The highest BCUT2D eigenvalue weighted by atomic mass is 33.1. The van der Waals surface area contributed by atoms with Crippen molar-refractivity contribution < 1.29 is 13.4 Å². The summed E-state index contributed by atoms with van der Waals surface area (Å²) in [6.07, 6.45) is 8.96. The first-order valence-electron chi connectivity index (χ1n) is 9.21. The lowest BCUT2D eigenvalue weighted by Gasteiger charge is -1.93. The van der Waals surface area contributed by atoms with Crippen LogP contribution < -0.4 is 5.90 Å². The quantitative estimate of drug-likeness (QED) is 0.0319. The van der Waals surface area contributed by atoms with Crippen LogP contribution in [0.2, 0.25) is 0 Å². The standard InChI is InChI=1S/C6H12OS2.C4H10S.C3H8N2O3S2.C3H6S2.2CH4/c1-8-4-2-5-9-6-3-7;1-2-3-4-5;4-8-10-3-1-2-9-5(6)7;1-2-4-5-3-1;;/h3H,2,4-6H2,1H3;5H,2-4H2,1H3;1-4H2;1-3H2;2*1H4. The summed E-state index contributed by atoms with van der Waals surface area (Å²) >= 11 is 9.37. The second-order valence-corrected chi connectivity index (χ2v) is 12.1. The number of thiol groups is 1. The molecule has 13 heteroatoms. The van der Waals surface area contributed by atoms with Gasteiger partial charge in [0.1, 0.15) is 10.6 Å². The van der Waals surface area contributed by atoms with E-state index in [0.29, 0.717) is 29.2 Å². The molecule has 0 unspecified atom stereocenters. The Hall–Kier alpha value is 1.44. The number of aldehydes is 1. The van der Waals surface area contributed by atoms with Crippen molar-refractivity contribution in [2.45, 2.75) is 53.9 Å². The molecule has 1 heterocycles. The largest absolute Gasteiger partial charge is 0.302 e. The number of nitro groups is 1. The number of nitrogens with two attached hydrogens (primary N) is 1. The van der Waals surface area contributed by atoms with E-state index in [1.54, 1.807) is 11.8 Å². The first kappa shape index (κ1) is 42.6. The lowest BCUT2D eigenvalue weighted by Crippen LogP contribution is -1.93. The Kier molecular flexibility index (Phi) is 61.8. The molecule has 1 fully saturated rings. The van der Waals surface area contributed by atoms with Crippen LogP contribution in [0.25, 0.3) is 0 Å². The molecular weight excluding hydrogens is 533 g/mol. The molecule has 2 N–H and O–H groups in total. The molecule has 0 aromatic heterocycles. The van der Waals surface area contributed by atoms with E-state index in [2.05, 4.69) is 30.1 Å². The van der Waals surface area contributed by atoms with Crippen molar-refractivity contribution in [3.05, 3.63) is 10.1 Å². The van der Waals surface area contributed by atoms with Gasteiger partial charge in [-0.25, -0.2) is 10.2 Å². The minimum absolute atomic E-state index is 0. The van der Waals surface area contributed by atoms with Crippen LogP contribution in [-0.2, 0) is 9.08 Å². The molecule has 0 aliphatic carbocycles. The molecule has 0 saturated carbocycles. The number of carbonyl (C=O) groups excluding carboxylic acids is 1. The molecule has 0 spiro atoms. The molecule has 31 heavy (non-hydrogen) atoms. The summed E-state index contributed by atoms with van der Waals surface area (Å²) in [5.41, 5.74) is 0. The van der Waals surface area contributed by atoms with Crippen LogP contribution in [0, 0.1) is 10.1 Å². The molecule has 1 rings (SSSR count). The van der Waals surface area contributed by atoms with E-state index >= 15 is 0 Å². The number of carbonyl (C=O) groups is 1. The normalized spacial score (nSPS) is 11.1. The lowest BCUT2D eigenvalue weighted by molar-refractivity contribution is -0.284. The maximum absolute atomic E-state index is 9.81. The molecule has 0 amide bonds. The van der Waals surface area contributed by atoms with E-state index in [-0.39, 0.29) is 14.9 Å². The van der Waals surface area contributed by atoms with Gasteiger partial charge in [-0.1, -0.05) is 49.8 Å². The van der Waals surface area contributed by atoms with E-state index in [1.807, 2.05) is 33.3 Å². The molecular formula is C18H44N2O4S7. The zero-order chi connectivity index (χ0) is 22.4. The summed E-state index contributed by atoms with van der Waals surface area (Å²) in [6, 6.07) is 0. The van der Waals surface area contributed by atoms with Crippen LogP contribution in [0.15, 0.2) is 0 Å². The summed E-state index contributed by atoms with van der Waals surface area (Å²) in [6.45, 7) is 2.16. The fraction of sp³-hybridized carbons (Fsp3) is 0.944. The van der Waals surface area contributed by atoms with Gasteiger partial charge in [-0.2, -0.15) is 36.2 Å². The van der Waals surface area contributed by atoms with Crippen molar-refractivity contribution in [1.29, 1.82) is 0 Å². The third-order valence-corrected chi connectivity index (χ3v) is 8.32. The Labute approximate surface area is 222 Å². The Morgan fingerprint density at radius 3 is 2.10 bits per heavy atom. The summed E-state index contributed by atoms with van der Waals surface area (Å²) in [4.78, 5) is 19.5. The maximum Gasteiger partial charge on any atom is 0.228 e. The Bertz CT molecular complexity index is 311. The molecule has 1 aliphatic rings. The van der Waals surface area contributed by atoms with Crippen molar-refractivity contribution in [3.63, 3.8) is 0 Å². The van der Waals surface area contributed by atoms with Crippen LogP contribution in [0.5, 0.6) is 0 Å². The zero-order valence-corrected chi connectivity index (χ0v) is 23.1. The molecule has 6 nitrogen and oxygen atoms in total. The van der Waals surface area contributed by atoms with Crippen LogP contribution in [0.3, 0.4) is 0 Å². The van der Waals surface area contributed by atoms with Crippen molar-refractivity contribution in [2.24, 2.45) is 5.90 Å². The summed E-state index contributed by atoms with van der Waals surface area (Å²) in [7, 11) is 3.98. The van der Waals surface area contributed by atoms with Gasteiger partial charge < -0.3 is 4.79 Å². The number of hydrogen-bond donors (Lipinski definition) is 2. The van der Waals surface area contributed by atoms with Crippen molar-refractivity contribution in [3.8, 4) is 0 Å². The van der Waals surface area contributed by atoms with Gasteiger partial charge in [0, 0.05) is 35.1 Å². The van der Waals surface area contributed by atoms with Crippen molar-refractivity contribution >= 4 is 88.0 Å². The summed E-state index contributed by atoms with van der Waals surface area (Å²) in [5, 5.41) is 9.74. The van der Waals surface area contributed by atoms with E-state index in [1.165, 1.54) is 42.9 Å². The maximum atomic E-state index is 9.81. The van der Waals surface area contributed by atoms with E-state index < -0.39 is 4.33 Å². The highest BCUT2D eigenvalue weighted by Gasteiger charge is 1.99. The second-order valence-electron chi connectivity index (χ2n) is 4.99. The van der Waals surface area contributed by atoms with Gasteiger partial charge >= 0.3 is 0 Å². The molecule has 192 valence electrons. The molecule has 0 aromatic rings. The third kappa shape index (κ3) is 59.3. The van der Waals surface area contributed by atoms with E-state index in [0.717, 1.165) is 36.3 Å². The first-order chi connectivity index (χ1) is 14.1. The van der Waals surface area contributed by atoms with Gasteiger partial charge in [-0.05, 0) is 49.2 Å². The lowest BCUT2D eigenvalue weighted by atomic mass is 10.4. The fourth-order valence-corrected chi connectivity index (χ4v) is 6.06. The minimum atomic E-state index is -0.409. The van der Waals surface area contributed by atoms with Crippen LogP contribution in [-0.4, -0.2) is 62.9 Å². The number of unbranched alkanes of at least 4 members (excludes halogenated alkanes) is 1. The van der Waals surface area contributed by atoms with Crippen LogP contribution in [0.4, 0.5) is 0 Å². The number of hydrogen-bond acceptors (Lipinski definition) is 12. The van der Waals surface area contributed by atoms with Crippen molar-refractivity contribution in [1.82, 2.24) is 0 Å². The Morgan fingerprint density at radius 2 is 1.74 bits per heavy atom. The summed E-state index contributed by atoms with van der Waals surface area (Å²) in [5.74, 6) is 12.7. The molecule has 0 radical (unpaired) electrons. The fourth-order valence-electron chi connectivity index (χ4n) is 1.19. The van der Waals surface area contributed by atoms with Crippen LogP contribution in [0.1, 0.15) is 53.9 Å². The number of nitrogens with zero attached hydrogens (tertiary/aromatic N) is 1. The van der Waals surface area contributed by atoms with Gasteiger partial charge in [0.15, 0.2) is 0 Å². The zero-order valence-electron chi connectivity index (χ0n) is 17.3. The number of thioether (sulfide) groups is 2. The van der Waals surface area contributed by atoms with Crippen LogP contribution >= 0.6 is 81.7 Å². The molecule has 1 aliphatic heterocycles. The highest BCUT2D eigenvalue weighted by molar-refractivity contribution is 8.77. The average Bonchev–Trinajstić information content (AvgIpc) is 3.29. The van der Waals surface area contributed by atoms with E-state index in [9.17, 15) is 14.9 Å². The highest BCUT2D eigenvalue weighted by Crippen LogP contribution is 2.29. The average molecular weight is 577 g/mol. The second kappa shape index (κ2) is 45.0. The predicted octanol–water partition coefficient (Wildman–Crippen LogP) is 7.27. The van der Waals surface area contributed by atoms with Crippen molar-refractivity contribution in [2.75, 3.05) is 52.3 Å². The predicted molar refractivity (Wildman–Crippen MR) is 160 cm³/mol. The summed E-state index contributed by atoms with van der Waals surface area (Å²) < 4.78 is 3.78. The first-order valence-corrected chi connectivity index (χ1v) is 16.7.